The minimum Gasteiger partial charge on any atom is -0.480 e. The molecule has 0 spiro atoms. The monoisotopic (exact) mass is 282 g/mol. The van der Waals surface area contributed by atoms with Crippen molar-refractivity contribution < 1.29 is 9.90 Å². The highest BCUT2D eigenvalue weighted by Gasteiger charge is 2.23. The van der Waals surface area contributed by atoms with E-state index in [0.29, 0.717) is 12.5 Å². The third-order valence-corrected chi connectivity index (χ3v) is 4.46. The van der Waals surface area contributed by atoms with Crippen molar-refractivity contribution >= 4 is 29.1 Å². The molecule has 0 atom stereocenters. The largest absolute Gasteiger partial charge is 0.480 e. The minimum atomic E-state index is -0.815. The van der Waals surface area contributed by atoms with Crippen LogP contribution >= 0.6 is 23.1 Å². The number of hydrogen-bond acceptors (Lipinski definition) is 6. The third-order valence-electron chi connectivity index (χ3n) is 2.53. The molecule has 0 aliphatic carbocycles. The Bertz CT molecular complexity index is 566. The lowest BCUT2D eigenvalue weighted by molar-refractivity contribution is -0.138. The molecule has 1 aliphatic heterocycles. The second-order valence-electron chi connectivity index (χ2n) is 3.85. The van der Waals surface area contributed by atoms with Gasteiger partial charge in [0.15, 0.2) is 11.0 Å². The predicted molar refractivity (Wildman–Crippen MR) is 68.4 cm³/mol. The Morgan fingerprint density at radius 2 is 2.39 bits per heavy atom. The van der Waals surface area contributed by atoms with Crippen LogP contribution in [-0.4, -0.2) is 43.2 Å². The minimum absolute atomic E-state index is 0.0362. The van der Waals surface area contributed by atoms with Crippen molar-refractivity contribution in [1.82, 2.24) is 19.7 Å². The van der Waals surface area contributed by atoms with Gasteiger partial charge in [0.1, 0.15) is 0 Å². The summed E-state index contributed by atoms with van der Waals surface area (Å²) in [7, 11) is 0. The Morgan fingerprint density at radius 1 is 1.50 bits per heavy atom. The molecule has 6 nitrogen and oxygen atoms in total. The molecule has 8 heteroatoms. The summed E-state index contributed by atoms with van der Waals surface area (Å²) >= 11 is 3.11. The van der Waals surface area contributed by atoms with Gasteiger partial charge in [0.2, 0.25) is 0 Å². The molecule has 18 heavy (non-hydrogen) atoms. The van der Waals surface area contributed by atoms with E-state index in [-0.39, 0.29) is 6.54 Å². The smallest absolute Gasteiger partial charge is 0.317 e. The fourth-order valence-electron chi connectivity index (χ4n) is 1.79. The van der Waals surface area contributed by atoms with Crippen LogP contribution in [0.15, 0.2) is 22.7 Å². The number of carbonyl (C=O) groups is 1. The van der Waals surface area contributed by atoms with Crippen molar-refractivity contribution in [2.45, 2.75) is 11.8 Å². The normalized spacial score (nSPS) is 15.6. The molecule has 3 heterocycles. The fourth-order valence-corrected chi connectivity index (χ4v) is 3.37. The van der Waals surface area contributed by atoms with Gasteiger partial charge >= 0.3 is 5.97 Å². The van der Waals surface area contributed by atoms with Gasteiger partial charge in [-0.15, -0.1) is 21.5 Å². The van der Waals surface area contributed by atoms with Gasteiger partial charge in [0, 0.05) is 0 Å². The van der Waals surface area contributed by atoms with E-state index in [1.807, 2.05) is 27.0 Å². The summed E-state index contributed by atoms with van der Waals surface area (Å²) in [6.07, 6.45) is 0. The number of hydrogen-bond donors (Lipinski definition) is 1. The second kappa shape index (κ2) is 4.71. The van der Waals surface area contributed by atoms with Crippen LogP contribution in [0.3, 0.4) is 0 Å². The van der Waals surface area contributed by atoms with Gasteiger partial charge in [-0.1, -0.05) is 17.8 Å². The number of aliphatic carboxylic acids is 1. The van der Waals surface area contributed by atoms with E-state index in [1.165, 1.54) is 11.8 Å². The predicted octanol–water partition coefficient (Wildman–Crippen LogP) is 1.41. The number of carboxylic acid groups (broad SMARTS) is 1. The molecular formula is C10H10N4O2S2. The number of thiophene rings is 1. The average Bonchev–Trinajstić information content (AvgIpc) is 2.94. The summed E-state index contributed by atoms with van der Waals surface area (Å²) < 4.78 is 1.96. The summed E-state index contributed by atoms with van der Waals surface area (Å²) in [5.41, 5.74) is 0. The molecule has 2 aromatic heterocycles. The maximum absolute atomic E-state index is 10.7. The zero-order valence-corrected chi connectivity index (χ0v) is 10.9. The number of fused-ring (bicyclic) bond motifs is 1. The van der Waals surface area contributed by atoms with Crippen LogP contribution in [-0.2, 0) is 11.5 Å². The van der Waals surface area contributed by atoms with Crippen molar-refractivity contribution in [3.8, 4) is 10.7 Å². The molecule has 0 unspecified atom stereocenters. The van der Waals surface area contributed by atoms with Gasteiger partial charge in [-0.25, -0.2) is 0 Å². The molecule has 1 N–H and O–H groups in total. The van der Waals surface area contributed by atoms with Crippen LogP contribution in [0.25, 0.3) is 10.7 Å². The van der Waals surface area contributed by atoms with E-state index in [9.17, 15) is 4.79 Å². The van der Waals surface area contributed by atoms with Crippen LogP contribution in [0, 0.1) is 0 Å². The lowest BCUT2D eigenvalue weighted by Gasteiger charge is -2.25. The van der Waals surface area contributed by atoms with Crippen LogP contribution in [0.5, 0.6) is 0 Å². The Hall–Kier alpha value is -1.38. The standard InChI is InChI=1S/C10H10N4O2S2/c15-8(16)4-13-5-14-9(7-2-1-3-17-7)11-12-10(14)18-6-13/h1-3H,4-6H2,(H,15,16). The van der Waals surface area contributed by atoms with Crippen molar-refractivity contribution in [2.75, 3.05) is 12.4 Å². The van der Waals surface area contributed by atoms with Gasteiger partial charge in [0.25, 0.3) is 0 Å². The first-order valence-corrected chi connectivity index (χ1v) is 7.14. The van der Waals surface area contributed by atoms with Crippen LogP contribution in [0.2, 0.25) is 0 Å². The van der Waals surface area contributed by atoms with E-state index in [2.05, 4.69) is 10.2 Å². The first-order valence-electron chi connectivity index (χ1n) is 5.28. The number of thioether (sulfide) groups is 1. The average molecular weight is 282 g/mol. The third kappa shape index (κ3) is 2.14. The Morgan fingerprint density at radius 3 is 3.11 bits per heavy atom. The molecule has 0 saturated carbocycles. The van der Waals surface area contributed by atoms with Gasteiger partial charge in [0.05, 0.1) is 24.0 Å². The fraction of sp³-hybridized carbons (Fsp3) is 0.300. The lowest BCUT2D eigenvalue weighted by Crippen LogP contribution is -2.34. The quantitative estimate of drug-likeness (QED) is 0.918. The van der Waals surface area contributed by atoms with Gasteiger partial charge in [-0.05, 0) is 11.4 Å². The van der Waals surface area contributed by atoms with Crippen LogP contribution in [0.1, 0.15) is 0 Å². The molecule has 3 rings (SSSR count). The Kier molecular flexibility index (Phi) is 3.06. The molecule has 1 aliphatic rings. The first-order chi connectivity index (χ1) is 8.74. The van der Waals surface area contributed by atoms with Gasteiger partial charge in [-0.2, -0.15) is 0 Å². The van der Waals surface area contributed by atoms with E-state index in [0.717, 1.165) is 15.9 Å². The number of nitrogens with zero attached hydrogens (tertiary/aromatic N) is 4. The molecule has 94 valence electrons. The summed E-state index contributed by atoms with van der Waals surface area (Å²) in [5, 5.41) is 20.0. The van der Waals surface area contributed by atoms with Crippen molar-refractivity contribution in [1.29, 1.82) is 0 Å². The Balaban J connectivity index is 1.89. The molecule has 0 fully saturated rings. The first kappa shape index (κ1) is 11.7. The second-order valence-corrected chi connectivity index (χ2v) is 5.71. The number of aromatic nitrogens is 3. The maximum atomic E-state index is 10.7. The highest BCUT2D eigenvalue weighted by Crippen LogP contribution is 2.30. The van der Waals surface area contributed by atoms with Crippen molar-refractivity contribution in [3.05, 3.63) is 17.5 Å². The van der Waals surface area contributed by atoms with Crippen molar-refractivity contribution in [3.63, 3.8) is 0 Å². The molecular weight excluding hydrogens is 272 g/mol. The molecule has 0 aromatic carbocycles. The lowest BCUT2D eigenvalue weighted by atomic mass is 10.4. The van der Waals surface area contributed by atoms with E-state index in [1.54, 1.807) is 11.3 Å². The molecule has 0 amide bonds. The van der Waals surface area contributed by atoms with E-state index in [4.69, 9.17) is 5.11 Å². The summed E-state index contributed by atoms with van der Waals surface area (Å²) in [6, 6.07) is 3.95. The van der Waals surface area contributed by atoms with Crippen LogP contribution < -0.4 is 0 Å². The van der Waals surface area contributed by atoms with E-state index >= 15 is 0 Å². The SMILES string of the molecule is O=C(O)CN1CSc2nnc(-c3cccs3)n2C1. The van der Waals surface area contributed by atoms with Gasteiger partial charge < -0.3 is 5.11 Å². The van der Waals surface area contributed by atoms with E-state index < -0.39 is 5.97 Å². The molecule has 0 saturated heterocycles. The zero-order chi connectivity index (χ0) is 12.5. The molecule has 0 radical (unpaired) electrons. The highest BCUT2D eigenvalue weighted by molar-refractivity contribution is 7.99. The Labute approximate surface area is 111 Å². The maximum Gasteiger partial charge on any atom is 0.317 e. The highest BCUT2D eigenvalue weighted by atomic mass is 32.2. The zero-order valence-electron chi connectivity index (χ0n) is 9.31. The summed E-state index contributed by atoms with van der Waals surface area (Å²) in [6.45, 7) is 0.559. The van der Waals surface area contributed by atoms with Crippen molar-refractivity contribution in [2.24, 2.45) is 0 Å². The number of carboxylic acids is 1. The number of rotatable bonds is 3. The topological polar surface area (TPSA) is 71.2 Å². The summed E-state index contributed by atoms with van der Waals surface area (Å²) in [4.78, 5) is 13.6. The van der Waals surface area contributed by atoms with Crippen LogP contribution in [0.4, 0.5) is 0 Å². The summed E-state index contributed by atoms with van der Waals surface area (Å²) in [5.74, 6) is 0.627. The van der Waals surface area contributed by atoms with Gasteiger partial charge in [-0.3, -0.25) is 14.3 Å². The molecule has 2 aromatic rings. The molecule has 0 bridgehead atoms.